The maximum absolute atomic E-state index is 14.4. The van der Waals surface area contributed by atoms with Gasteiger partial charge in [-0.05, 0) is 85.4 Å². The third-order valence-electron chi connectivity index (χ3n) is 9.29. The molecule has 2 aromatic heterocycles. The van der Waals surface area contributed by atoms with E-state index in [0.29, 0.717) is 18.0 Å². The monoisotopic (exact) mass is 667 g/mol. The first-order chi connectivity index (χ1) is 22.9. The molecule has 4 aromatic rings. The molecule has 10 heteroatoms. The van der Waals surface area contributed by atoms with Crippen LogP contribution in [0.4, 0.5) is 5.95 Å². The van der Waals surface area contributed by atoms with Crippen LogP contribution in [0.5, 0.6) is 5.88 Å². The van der Waals surface area contributed by atoms with Gasteiger partial charge in [-0.3, -0.25) is 9.78 Å². The van der Waals surface area contributed by atoms with Crippen molar-refractivity contribution in [2.75, 3.05) is 11.3 Å². The van der Waals surface area contributed by atoms with Crippen molar-refractivity contribution in [2.45, 2.75) is 96.5 Å². The maximum Gasteiger partial charge on any atom is 0.264 e. The Morgan fingerprint density at radius 1 is 0.938 bits per heavy atom. The zero-order valence-electron chi connectivity index (χ0n) is 28.5. The fourth-order valence-electron chi connectivity index (χ4n) is 6.93. The maximum atomic E-state index is 14.4. The van der Waals surface area contributed by atoms with E-state index >= 15 is 0 Å². The van der Waals surface area contributed by atoms with Crippen LogP contribution in [0.25, 0.3) is 11.3 Å². The molecule has 48 heavy (non-hydrogen) atoms. The van der Waals surface area contributed by atoms with Crippen molar-refractivity contribution in [3.8, 4) is 17.1 Å². The normalized spacial score (nSPS) is 18.6. The Bertz CT molecular complexity index is 1880. The molecule has 9 nitrogen and oxygen atoms in total. The van der Waals surface area contributed by atoms with Crippen LogP contribution in [0.1, 0.15) is 98.0 Å². The van der Waals surface area contributed by atoms with E-state index in [1.54, 1.807) is 23.1 Å². The Balaban J connectivity index is 1.43. The third kappa shape index (κ3) is 7.70. The van der Waals surface area contributed by atoms with Gasteiger partial charge in [0.05, 0.1) is 28.9 Å². The van der Waals surface area contributed by atoms with Gasteiger partial charge in [0.25, 0.3) is 15.9 Å². The summed E-state index contributed by atoms with van der Waals surface area (Å²) in [6, 6.07) is 17.6. The van der Waals surface area contributed by atoms with Gasteiger partial charge >= 0.3 is 0 Å². The Labute approximate surface area is 284 Å². The molecule has 252 valence electrons. The topological polar surface area (TPSA) is 114 Å². The van der Waals surface area contributed by atoms with Gasteiger partial charge in [-0.25, -0.2) is 18.1 Å². The van der Waals surface area contributed by atoms with Crippen LogP contribution < -0.4 is 9.46 Å². The van der Waals surface area contributed by atoms with E-state index in [1.807, 2.05) is 44.3 Å². The van der Waals surface area contributed by atoms with E-state index in [2.05, 4.69) is 41.5 Å². The van der Waals surface area contributed by atoms with Crippen LogP contribution in [0.3, 0.4) is 0 Å². The number of nitrogens with zero attached hydrogens (tertiary/aromatic N) is 4. The van der Waals surface area contributed by atoms with Crippen LogP contribution in [-0.4, -0.2) is 46.8 Å². The summed E-state index contributed by atoms with van der Waals surface area (Å²) in [6.45, 7) is 10.7. The van der Waals surface area contributed by atoms with Gasteiger partial charge < -0.3 is 9.64 Å². The molecule has 0 unspecified atom stereocenters. The summed E-state index contributed by atoms with van der Waals surface area (Å²) < 4.78 is 36.3. The van der Waals surface area contributed by atoms with Crippen molar-refractivity contribution in [2.24, 2.45) is 5.41 Å². The molecular weight excluding hydrogens is 623 g/mol. The van der Waals surface area contributed by atoms with Gasteiger partial charge in [0.1, 0.15) is 6.61 Å². The molecule has 1 atom stereocenters. The van der Waals surface area contributed by atoms with E-state index in [9.17, 15) is 13.2 Å². The number of nitrogens with one attached hydrogen (secondary N) is 1. The van der Waals surface area contributed by atoms with Crippen LogP contribution in [-0.2, 0) is 16.6 Å². The van der Waals surface area contributed by atoms with Gasteiger partial charge in [-0.2, -0.15) is 4.98 Å². The summed E-state index contributed by atoms with van der Waals surface area (Å²) in [4.78, 5) is 30.1. The number of ether oxygens (including phenoxy) is 1. The van der Waals surface area contributed by atoms with Gasteiger partial charge in [0.2, 0.25) is 11.8 Å². The SMILES string of the molecule is Cc1cccc(C)c1-c1cc2nc(n1)NS(=O)(=O)c1cccc(c1)C(=O)N(Cc1ccc(C3CCCCC3)cn1)[C@H](CC(C)(C)C)CO2. The summed E-state index contributed by atoms with van der Waals surface area (Å²) in [7, 11) is -4.15. The zero-order valence-corrected chi connectivity index (χ0v) is 29.3. The summed E-state index contributed by atoms with van der Waals surface area (Å²) in [5, 5.41) is 0. The number of anilines is 1. The minimum Gasteiger partial charge on any atom is -0.475 e. The fourth-order valence-corrected chi connectivity index (χ4v) is 7.92. The molecule has 6 rings (SSSR count). The highest BCUT2D eigenvalue weighted by atomic mass is 32.2. The van der Waals surface area contributed by atoms with Crippen molar-refractivity contribution in [3.05, 3.63) is 94.8 Å². The fraction of sp³-hybridized carbons (Fsp3) is 0.421. The number of hydrogen-bond donors (Lipinski definition) is 1. The second-order valence-corrected chi connectivity index (χ2v) is 16.1. The summed E-state index contributed by atoms with van der Waals surface area (Å²) in [5.41, 5.74) is 5.51. The van der Waals surface area contributed by atoms with E-state index in [-0.39, 0.29) is 52.8 Å². The Kier molecular flexibility index (Phi) is 9.56. The van der Waals surface area contributed by atoms with Gasteiger partial charge in [-0.1, -0.05) is 70.4 Å². The molecule has 0 radical (unpaired) electrons. The van der Waals surface area contributed by atoms with Gasteiger partial charge in [0.15, 0.2) is 0 Å². The number of sulfonamides is 1. The lowest BCUT2D eigenvalue weighted by Gasteiger charge is -2.35. The van der Waals surface area contributed by atoms with Crippen molar-refractivity contribution in [3.63, 3.8) is 0 Å². The first-order valence-electron chi connectivity index (χ1n) is 16.8. The standard InChI is InChI=1S/C38H45N5O4S/c1-25-11-9-12-26(2)35(25)33-20-34-41-37(40-33)42-48(45,46)32-16-10-15-28(19-32)36(44)43(31(24-47-34)21-38(3,4)5)23-30-18-17-29(22-39-30)27-13-7-6-8-14-27/h9-12,15-20,22,27,31H,6-8,13-14,21,23-24H2,1-5H3,(H,40,41,42)/t31-/m1/s1. The molecule has 1 saturated carbocycles. The van der Waals surface area contributed by atoms with Crippen LogP contribution in [0.15, 0.2) is 71.8 Å². The average Bonchev–Trinajstić information content (AvgIpc) is 3.05. The highest BCUT2D eigenvalue weighted by molar-refractivity contribution is 7.92. The van der Waals surface area contributed by atoms with Crippen LogP contribution >= 0.6 is 0 Å². The highest BCUT2D eigenvalue weighted by Gasteiger charge is 2.32. The Hall–Kier alpha value is -4.31. The van der Waals surface area contributed by atoms with Crippen molar-refractivity contribution >= 4 is 21.9 Å². The number of rotatable bonds is 5. The number of aryl methyl sites for hydroxylation is 2. The number of amides is 1. The lowest BCUT2D eigenvalue weighted by molar-refractivity contribution is 0.0509. The van der Waals surface area contributed by atoms with Gasteiger partial charge in [0, 0.05) is 23.4 Å². The first-order valence-corrected chi connectivity index (χ1v) is 18.3. The molecule has 0 saturated heterocycles. The number of carbonyl (C=O) groups is 1. The van der Waals surface area contributed by atoms with Crippen molar-refractivity contribution in [1.82, 2.24) is 19.9 Å². The number of aromatic nitrogens is 3. The van der Waals surface area contributed by atoms with Crippen molar-refractivity contribution < 1.29 is 17.9 Å². The molecule has 3 heterocycles. The largest absolute Gasteiger partial charge is 0.475 e. The Morgan fingerprint density at radius 2 is 1.67 bits per heavy atom. The minimum absolute atomic E-state index is 0.0570. The van der Waals surface area contributed by atoms with Crippen LogP contribution in [0.2, 0.25) is 0 Å². The van der Waals surface area contributed by atoms with Crippen LogP contribution in [0, 0.1) is 19.3 Å². The molecule has 0 spiro atoms. The first kappa shape index (κ1) is 33.6. The number of fused-ring (bicyclic) bond motifs is 4. The molecule has 1 aliphatic carbocycles. The predicted molar refractivity (Wildman–Crippen MR) is 187 cm³/mol. The minimum atomic E-state index is -4.15. The second-order valence-electron chi connectivity index (χ2n) is 14.4. The molecule has 2 aromatic carbocycles. The number of pyridine rings is 1. The summed E-state index contributed by atoms with van der Waals surface area (Å²) in [6.07, 6.45) is 8.72. The molecule has 1 N–H and O–H groups in total. The van der Waals surface area contributed by atoms with E-state index in [0.717, 1.165) is 22.4 Å². The molecule has 4 bridgehead atoms. The molecule has 1 aliphatic heterocycles. The average molecular weight is 668 g/mol. The van der Waals surface area contributed by atoms with E-state index in [4.69, 9.17) is 9.72 Å². The molecule has 1 amide bonds. The summed E-state index contributed by atoms with van der Waals surface area (Å²) in [5.74, 6) is 0.343. The van der Waals surface area contributed by atoms with E-state index in [1.165, 1.54) is 49.8 Å². The Morgan fingerprint density at radius 3 is 2.35 bits per heavy atom. The quantitative estimate of drug-likeness (QED) is 0.231. The molecular formula is C38H45N5O4S. The molecule has 2 aliphatic rings. The van der Waals surface area contributed by atoms with E-state index < -0.39 is 10.0 Å². The second kappa shape index (κ2) is 13.7. The number of hydrogen-bond acceptors (Lipinski definition) is 7. The zero-order chi connectivity index (χ0) is 34.1. The third-order valence-corrected chi connectivity index (χ3v) is 10.6. The predicted octanol–water partition coefficient (Wildman–Crippen LogP) is 7.84. The lowest BCUT2D eigenvalue weighted by atomic mass is 9.85. The highest BCUT2D eigenvalue weighted by Crippen LogP contribution is 2.34. The van der Waals surface area contributed by atoms with Crippen molar-refractivity contribution in [1.29, 1.82) is 0 Å². The number of carbonyl (C=O) groups excluding carboxylic acids is 1. The summed E-state index contributed by atoms with van der Waals surface area (Å²) >= 11 is 0. The molecule has 1 fully saturated rings. The smallest absolute Gasteiger partial charge is 0.264 e. The lowest BCUT2D eigenvalue weighted by Crippen LogP contribution is -2.45. The number of benzene rings is 2. The van der Waals surface area contributed by atoms with Gasteiger partial charge in [-0.15, -0.1) is 0 Å².